The number of carbonyl (C=O) groups excluding carboxylic acids is 1. The molecule has 100 valence electrons. The van der Waals surface area contributed by atoms with E-state index in [2.05, 4.69) is 0 Å². The third-order valence-corrected chi connectivity index (χ3v) is 2.68. The summed E-state index contributed by atoms with van der Waals surface area (Å²) in [6, 6.07) is 9.61. The second kappa shape index (κ2) is 5.09. The van der Waals surface area contributed by atoms with E-state index in [-0.39, 0.29) is 11.3 Å². The molecule has 0 aromatic heterocycles. The van der Waals surface area contributed by atoms with Crippen molar-refractivity contribution in [1.82, 2.24) is 0 Å². The average molecular weight is 289 g/mol. The van der Waals surface area contributed by atoms with Gasteiger partial charge in [-0.1, -0.05) is 30.3 Å². The Morgan fingerprint density at radius 1 is 1.16 bits per heavy atom. The number of halogens is 4. The number of alkyl halides is 3. The lowest BCUT2D eigenvalue weighted by Crippen LogP contribution is -2.20. The van der Waals surface area contributed by atoms with E-state index >= 15 is 0 Å². The Balaban J connectivity index is 2.53. The van der Waals surface area contributed by atoms with E-state index in [0.29, 0.717) is 10.8 Å². The smallest absolute Gasteiger partial charge is 0.422 e. The molecule has 19 heavy (non-hydrogen) atoms. The molecule has 2 aromatic carbocycles. The number of carbonyl (C=O) groups is 1. The van der Waals surface area contributed by atoms with Crippen molar-refractivity contribution in [1.29, 1.82) is 0 Å². The van der Waals surface area contributed by atoms with Crippen molar-refractivity contribution in [3.63, 3.8) is 0 Å². The van der Waals surface area contributed by atoms with Crippen LogP contribution < -0.4 is 4.74 Å². The van der Waals surface area contributed by atoms with Crippen LogP contribution in [-0.2, 0) is 0 Å². The highest BCUT2D eigenvalue weighted by Gasteiger charge is 2.29. The van der Waals surface area contributed by atoms with Gasteiger partial charge in [-0.2, -0.15) is 13.2 Å². The molecule has 6 heteroatoms. The van der Waals surface area contributed by atoms with E-state index in [1.165, 1.54) is 6.07 Å². The normalized spacial score (nSPS) is 11.6. The zero-order chi connectivity index (χ0) is 14.0. The second-order valence-electron chi connectivity index (χ2n) is 3.84. The number of ether oxygens (including phenoxy) is 1. The summed E-state index contributed by atoms with van der Waals surface area (Å²) < 4.78 is 41.4. The summed E-state index contributed by atoms with van der Waals surface area (Å²) in [5, 5.41) is 0.225. The third-order valence-electron chi connectivity index (χ3n) is 2.47. The standard InChI is InChI=1S/C13H8ClF3O2/c14-12(18)10-6-5-8-3-1-2-4-9(8)11(10)19-7-13(15,16)17/h1-6H,7H2. The molecule has 0 saturated carbocycles. The zero-order valence-electron chi connectivity index (χ0n) is 9.50. The molecule has 0 spiro atoms. The molecule has 0 aliphatic rings. The van der Waals surface area contributed by atoms with Gasteiger partial charge in [0.05, 0.1) is 5.56 Å². The number of benzene rings is 2. The molecule has 0 saturated heterocycles. The molecule has 0 radical (unpaired) electrons. The highest BCUT2D eigenvalue weighted by atomic mass is 35.5. The van der Waals surface area contributed by atoms with E-state index in [1.54, 1.807) is 30.3 Å². The highest BCUT2D eigenvalue weighted by molar-refractivity contribution is 6.68. The van der Waals surface area contributed by atoms with E-state index < -0.39 is 18.0 Å². The predicted molar refractivity (Wildman–Crippen MR) is 65.7 cm³/mol. The number of hydrogen-bond donors (Lipinski definition) is 0. The van der Waals surface area contributed by atoms with Crippen molar-refractivity contribution in [2.75, 3.05) is 6.61 Å². The van der Waals surface area contributed by atoms with Crippen LogP contribution in [0.15, 0.2) is 36.4 Å². The molecule has 0 heterocycles. The van der Waals surface area contributed by atoms with Crippen LogP contribution in [0.5, 0.6) is 5.75 Å². The first kappa shape index (κ1) is 13.7. The molecule has 0 fully saturated rings. The monoisotopic (exact) mass is 288 g/mol. The lowest BCUT2D eigenvalue weighted by atomic mass is 10.1. The topological polar surface area (TPSA) is 26.3 Å². The molecule has 0 amide bonds. The lowest BCUT2D eigenvalue weighted by molar-refractivity contribution is -0.153. The summed E-state index contributed by atoms with van der Waals surface area (Å²) in [5.74, 6) is -0.143. The first-order valence-electron chi connectivity index (χ1n) is 5.29. The Morgan fingerprint density at radius 3 is 2.47 bits per heavy atom. The largest absolute Gasteiger partial charge is 0.483 e. The van der Waals surface area contributed by atoms with Crippen LogP contribution >= 0.6 is 11.6 Å². The summed E-state index contributed by atoms with van der Waals surface area (Å²) in [5.41, 5.74) is -0.0791. The van der Waals surface area contributed by atoms with Crippen LogP contribution in [-0.4, -0.2) is 18.0 Å². The van der Waals surface area contributed by atoms with Crippen molar-refractivity contribution in [3.05, 3.63) is 42.0 Å². The van der Waals surface area contributed by atoms with Crippen molar-refractivity contribution in [2.24, 2.45) is 0 Å². The Morgan fingerprint density at radius 2 is 1.84 bits per heavy atom. The van der Waals surface area contributed by atoms with Crippen molar-refractivity contribution < 1.29 is 22.7 Å². The Bertz CT molecular complexity index is 623. The first-order valence-corrected chi connectivity index (χ1v) is 5.67. The number of hydrogen-bond acceptors (Lipinski definition) is 2. The fraction of sp³-hybridized carbons (Fsp3) is 0.154. The molecule has 0 aliphatic carbocycles. The summed E-state index contributed by atoms with van der Waals surface area (Å²) in [7, 11) is 0. The van der Waals surface area contributed by atoms with Gasteiger partial charge in [0.25, 0.3) is 5.24 Å². The number of fused-ring (bicyclic) bond motifs is 1. The summed E-state index contributed by atoms with van der Waals surface area (Å²) in [6.07, 6.45) is -4.48. The van der Waals surface area contributed by atoms with Gasteiger partial charge in [-0.05, 0) is 23.1 Å². The van der Waals surface area contributed by atoms with Crippen LogP contribution in [0.1, 0.15) is 10.4 Å². The maximum absolute atomic E-state index is 12.2. The Kier molecular flexibility index (Phi) is 3.66. The minimum absolute atomic E-state index is 0.0791. The van der Waals surface area contributed by atoms with E-state index in [4.69, 9.17) is 16.3 Å². The molecular weight excluding hydrogens is 281 g/mol. The zero-order valence-corrected chi connectivity index (χ0v) is 10.3. The molecule has 2 rings (SSSR count). The molecule has 2 nitrogen and oxygen atoms in total. The number of rotatable bonds is 3. The molecular formula is C13H8ClF3O2. The molecule has 2 aromatic rings. The fourth-order valence-electron chi connectivity index (χ4n) is 1.71. The summed E-state index contributed by atoms with van der Waals surface area (Å²) in [4.78, 5) is 11.2. The SMILES string of the molecule is O=C(Cl)c1ccc2ccccc2c1OCC(F)(F)F. The minimum atomic E-state index is -4.48. The molecule has 0 aliphatic heterocycles. The van der Waals surface area contributed by atoms with Gasteiger partial charge >= 0.3 is 6.18 Å². The van der Waals surface area contributed by atoms with Crippen LogP contribution in [0.3, 0.4) is 0 Å². The second-order valence-corrected chi connectivity index (χ2v) is 4.18. The minimum Gasteiger partial charge on any atom is -0.483 e. The highest BCUT2D eigenvalue weighted by Crippen LogP contribution is 2.32. The third kappa shape index (κ3) is 3.17. The molecule has 0 atom stereocenters. The van der Waals surface area contributed by atoms with Gasteiger partial charge in [-0.3, -0.25) is 4.79 Å². The van der Waals surface area contributed by atoms with Gasteiger partial charge < -0.3 is 4.74 Å². The van der Waals surface area contributed by atoms with Gasteiger partial charge in [-0.25, -0.2) is 0 Å². The van der Waals surface area contributed by atoms with E-state index in [9.17, 15) is 18.0 Å². The van der Waals surface area contributed by atoms with Gasteiger partial charge in [0, 0.05) is 5.39 Å². The summed E-state index contributed by atoms with van der Waals surface area (Å²) in [6.45, 7) is -1.47. The van der Waals surface area contributed by atoms with Crippen molar-refractivity contribution in [3.8, 4) is 5.75 Å². The van der Waals surface area contributed by atoms with Crippen LogP contribution in [0.25, 0.3) is 10.8 Å². The van der Waals surface area contributed by atoms with Crippen LogP contribution in [0.2, 0.25) is 0 Å². The Labute approximate surface area is 111 Å². The van der Waals surface area contributed by atoms with Crippen LogP contribution in [0.4, 0.5) is 13.2 Å². The van der Waals surface area contributed by atoms with Gasteiger partial charge in [0.1, 0.15) is 5.75 Å². The van der Waals surface area contributed by atoms with E-state index in [1.807, 2.05) is 0 Å². The fourth-order valence-corrected chi connectivity index (χ4v) is 1.86. The lowest BCUT2D eigenvalue weighted by Gasteiger charge is -2.13. The van der Waals surface area contributed by atoms with Gasteiger partial charge in [-0.15, -0.1) is 0 Å². The average Bonchev–Trinajstić information content (AvgIpc) is 2.34. The van der Waals surface area contributed by atoms with Gasteiger partial charge in [0.15, 0.2) is 6.61 Å². The molecule has 0 unspecified atom stereocenters. The van der Waals surface area contributed by atoms with Crippen molar-refractivity contribution >= 4 is 27.6 Å². The van der Waals surface area contributed by atoms with Crippen LogP contribution in [0, 0.1) is 0 Å². The molecule has 0 bridgehead atoms. The Hall–Kier alpha value is -1.75. The van der Waals surface area contributed by atoms with Gasteiger partial charge in [0.2, 0.25) is 0 Å². The predicted octanol–water partition coefficient (Wildman–Crippen LogP) is 4.16. The molecule has 0 N–H and O–H groups in total. The summed E-state index contributed by atoms with van der Waals surface area (Å²) >= 11 is 5.36. The van der Waals surface area contributed by atoms with Crippen molar-refractivity contribution in [2.45, 2.75) is 6.18 Å². The quantitative estimate of drug-likeness (QED) is 0.793. The first-order chi connectivity index (χ1) is 8.88. The maximum atomic E-state index is 12.2. The maximum Gasteiger partial charge on any atom is 0.422 e. The van der Waals surface area contributed by atoms with E-state index in [0.717, 1.165) is 0 Å².